The zero-order valence-electron chi connectivity index (χ0n) is 10.0. The van der Waals surface area contributed by atoms with Gasteiger partial charge in [0.1, 0.15) is 0 Å². The minimum atomic E-state index is -3.22. The Kier molecular flexibility index (Phi) is 4.61. The van der Waals surface area contributed by atoms with Crippen molar-refractivity contribution in [1.29, 1.82) is 0 Å². The molecular weight excluding hydrogens is 267 g/mol. The Hall–Kier alpha value is -1.24. The normalized spacial score (nSPS) is 11.9. The summed E-state index contributed by atoms with van der Waals surface area (Å²) in [5, 5.41) is 2.03. The summed E-state index contributed by atoms with van der Waals surface area (Å²) < 4.78 is 61.3. The molecule has 0 bridgehead atoms. The lowest BCUT2D eigenvalue weighted by Crippen LogP contribution is -2.23. The maximum Gasteiger partial charge on any atom is 0.194 e. The summed E-state index contributed by atoms with van der Waals surface area (Å²) >= 11 is 0. The van der Waals surface area contributed by atoms with Crippen LogP contribution in [0, 0.1) is 17.5 Å². The van der Waals surface area contributed by atoms with Gasteiger partial charge in [-0.25, -0.2) is 21.6 Å². The fourth-order valence-electron chi connectivity index (χ4n) is 1.23. The van der Waals surface area contributed by atoms with Gasteiger partial charge in [0.2, 0.25) is 0 Å². The number of rotatable bonds is 5. The summed E-state index contributed by atoms with van der Waals surface area (Å²) in [7, 11) is -3.22. The van der Waals surface area contributed by atoms with Crippen LogP contribution in [0.4, 0.5) is 18.9 Å². The summed E-state index contributed by atoms with van der Waals surface area (Å²) in [4.78, 5) is 0. The lowest BCUT2D eigenvalue weighted by Gasteiger charge is -2.10. The van der Waals surface area contributed by atoms with Crippen LogP contribution in [0.1, 0.15) is 13.8 Å². The van der Waals surface area contributed by atoms with Gasteiger partial charge in [0.15, 0.2) is 27.3 Å². The number of halogens is 3. The van der Waals surface area contributed by atoms with Gasteiger partial charge in [0.05, 0.1) is 11.0 Å². The van der Waals surface area contributed by atoms with Crippen molar-refractivity contribution in [2.75, 3.05) is 17.6 Å². The second-order valence-electron chi connectivity index (χ2n) is 4.10. The molecule has 0 radical (unpaired) electrons. The van der Waals surface area contributed by atoms with Gasteiger partial charge >= 0.3 is 0 Å². The first-order chi connectivity index (χ1) is 8.24. The van der Waals surface area contributed by atoms with E-state index in [-0.39, 0.29) is 18.0 Å². The zero-order chi connectivity index (χ0) is 13.9. The number of hydrogen-bond acceptors (Lipinski definition) is 3. The third-order valence-corrected chi connectivity index (χ3v) is 4.63. The molecule has 1 aromatic rings. The third-order valence-electron chi connectivity index (χ3n) is 2.42. The van der Waals surface area contributed by atoms with Gasteiger partial charge in [-0.05, 0) is 13.8 Å². The minimum Gasteiger partial charge on any atom is -0.384 e. The molecule has 7 heteroatoms. The van der Waals surface area contributed by atoms with Crippen LogP contribution in [0.25, 0.3) is 0 Å². The van der Waals surface area contributed by atoms with Gasteiger partial charge in [-0.3, -0.25) is 0 Å². The molecule has 0 saturated carbocycles. The van der Waals surface area contributed by atoms with E-state index in [1.54, 1.807) is 13.8 Å². The molecule has 0 aliphatic carbocycles. The predicted octanol–water partition coefficient (Wildman–Crippen LogP) is 2.34. The monoisotopic (exact) mass is 281 g/mol. The molecular formula is C11H14F3NO2S. The predicted molar refractivity (Wildman–Crippen MR) is 63.7 cm³/mol. The van der Waals surface area contributed by atoms with E-state index in [1.165, 1.54) is 0 Å². The van der Waals surface area contributed by atoms with Crippen LogP contribution in [0.15, 0.2) is 12.1 Å². The molecule has 0 spiro atoms. The maximum atomic E-state index is 12.9. The largest absolute Gasteiger partial charge is 0.384 e. The number of nitrogens with one attached hydrogen (secondary N) is 1. The second-order valence-corrected chi connectivity index (χ2v) is 6.77. The van der Waals surface area contributed by atoms with E-state index in [4.69, 9.17) is 0 Å². The van der Waals surface area contributed by atoms with E-state index in [9.17, 15) is 21.6 Å². The van der Waals surface area contributed by atoms with E-state index in [1.807, 2.05) is 0 Å². The van der Waals surface area contributed by atoms with Crippen LogP contribution in [0.2, 0.25) is 0 Å². The molecule has 0 aromatic heterocycles. The Morgan fingerprint density at radius 1 is 1.17 bits per heavy atom. The Labute approximate surface area is 104 Å². The van der Waals surface area contributed by atoms with Crippen molar-refractivity contribution in [2.24, 2.45) is 0 Å². The van der Waals surface area contributed by atoms with Crippen molar-refractivity contribution in [3.8, 4) is 0 Å². The summed E-state index contributed by atoms with van der Waals surface area (Å²) in [6.07, 6.45) is 0. The Morgan fingerprint density at radius 3 is 2.11 bits per heavy atom. The minimum absolute atomic E-state index is 0.00496. The molecule has 0 aliphatic heterocycles. The molecule has 1 N–H and O–H groups in total. The van der Waals surface area contributed by atoms with E-state index >= 15 is 0 Å². The smallest absolute Gasteiger partial charge is 0.194 e. The van der Waals surface area contributed by atoms with Crippen molar-refractivity contribution in [2.45, 2.75) is 19.1 Å². The second kappa shape index (κ2) is 5.60. The molecule has 18 heavy (non-hydrogen) atoms. The van der Waals surface area contributed by atoms with Gasteiger partial charge in [0, 0.05) is 24.4 Å². The molecule has 0 amide bonds. The first-order valence-corrected chi connectivity index (χ1v) is 7.05. The molecule has 102 valence electrons. The molecule has 0 aliphatic rings. The van der Waals surface area contributed by atoms with E-state index in [2.05, 4.69) is 5.32 Å². The van der Waals surface area contributed by atoms with E-state index in [0.29, 0.717) is 0 Å². The summed E-state index contributed by atoms with van der Waals surface area (Å²) in [6, 6.07) is 1.56. The lowest BCUT2D eigenvalue weighted by atomic mass is 10.3. The molecule has 0 unspecified atom stereocenters. The fourth-order valence-corrected chi connectivity index (χ4v) is 2.09. The first-order valence-electron chi connectivity index (χ1n) is 5.34. The quantitative estimate of drug-likeness (QED) is 0.843. The number of benzene rings is 1. The van der Waals surface area contributed by atoms with Crippen LogP contribution in [-0.2, 0) is 9.84 Å². The first kappa shape index (κ1) is 14.8. The summed E-state index contributed by atoms with van der Waals surface area (Å²) in [5.41, 5.74) is 0.00496. The average Bonchev–Trinajstić information content (AvgIpc) is 2.25. The van der Waals surface area contributed by atoms with Gasteiger partial charge < -0.3 is 5.32 Å². The number of hydrogen-bond donors (Lipinski definition) is 1. The third kappa shape index (κ3) is 3.63. The van der Waals surface area contributed by atoms with Crippen molar-refractivity contribution < 1.29 is 21.6 Å². The Balaban J connectivity index is 2.66. The number of sulfone groups is 1. The Morgan fingerprint density at radius 2 is 1.67 bits per heavy atom. The zero-order valence-corrected chi connectivity index (χ0v) is 10.8. The topological polar surface area (TPSA) is 46.2 Å². The SMILES string of the molecule is CC(C)S(=O)(=O)CCNc1cc(F)c(F)c(F)c1. The van der Waals surface area contributed by atoms with E-state index < -0.39 is 32.5 Å². The van der Waals surface area contributed by atoms with Crippen molar-refractivity contribution >= 4 is 15.5 Å². The van der Waals surface area contributed by atoms with E-state index in [0.717, 1.165) is 12.1 Å². The fraction of sp³-hybridized carbons (Fsp3) is 0.455. The van der Waals surface area contributed by atoms with Crippen molar-refractivity contribution in [1.82, 2.24) is 0 Å². The van der Waals surface area contributed by atoms with Gasteiger partial charge in [-0.1, -0.05) is 0 Å². The number of anilines is 1. The van der Waals surface area contributed by atoms with Gasteiger partial charge in [0.25, 0.3) is 0 Å². The van der Waals surface area contributed by atoms with Crippen LogP contribution < -0.4 is 5.32 Å². The molecule has 0 atom stereocenters. The van der Waals surface area contributed by atoms with Crippen LogP contribution in [0.5, 0.6) is 0 Å². The highest BCUT2D eigenvalue weighted by Gasteiger charge is 2.16. The molecule has 0 heterocycles. The van der Waals surface area contributed by atoms with Crippen LogP contribution in [-0.4, -0.2) is 26.0 Å². The highest BCUT2D eigenvalue weighted by atomic mass is 32.2. The highest BCUT2D eigenvalue weighted by Crippen LogP contribution is 2.17. The standard InChI is InChI=1S/C11H14F3NO2S/c1-7(2)18(16,17)4-3-15-8-5-9(12)11(14)10(13)6-8/h5-7,15H,3-4H2,1-2H3. The maximum absolute atomic E-state index is 12.9. The van der Waals surface area contributed by atoms with Crippen LogP contribution >= 0.6 is 0 Å². The molecule has 1 aromatic carbocycles. The van der Waals surface area contributed by atoms with Gasteiger partial charge in [-0.15, -0.1) is 0 Å². The van der Waals surface area contributed by atoms with Gasteiger partial charge in [-0.2, -0.15) is 0 Å². The van der Waals surface area contributed by atoms with Crippen molar-refractivity contribution in [3.05, 3.63) is 29.6 Å². The summed E-state index contributed by atoms with van der Waals surface area (Å²) in [5.74, 6) is -4.34. The molecule has 1 rings (SSSR count). The highest BCUT2D eigenvalue weighted by molar-refractivity contribution is 7.92. The molecule has 0 fully saturated rings. The van der Waals surface area contributed by atoms with Crippen molar-refractivity contribution in [3.63, 3.8) is 0 Å². The average molecular weight is 281 g/mol. The molecule has 3 nitrogen and oxygen atoms in total. The van der Waals surface area contributed by atoms with Crippen LogP contribution in [0.3, 0.4) is 0 Å². The molecule has 0 saturated heterocycles. The lowest BCUT2D eigenvalue weighted by molar-refractivity contribution is 0.448. The summed E-state index contributed by atoms with van der Waals surface area (Å²) in [6.45, 7) is 3.10. The Bertz CT molecular complexity index is 506.